The van der Waals surface area contributed by atoms with E-state index >= 15 is 0 Å². The summed E-state index contributed by atoms with van der Waals surface area (Å²) in [7, 11) is 0. The van der Waals surface area contributed by atoms with E-state index in [4.69, 9.17) is 14.2 Å². The highest BCUT2D eigenvalue weighted by Crippen LogP contribution is 2.15. The third kappa shape index (κ3) is 6.41. The Labute approximate surface area is 131 Å². The van der Waals surface area contributed by atoms with Crippen molar-refractivity contribution in [3.05, 3.63) is 25.0 Å². The highest BCUT2D eigenvalue weighted by molar-refractivity contribution is 6.12. The first-order valence-corrected chi connectivity index (χ1v) is 7.37. The normalized spacial score (nSPS) is 16.2. The van der Waals surface area contributed by atoms with E-state index in [0.29, 0.717) is 26.2 Å². The summed E-state index contributed by atoms with van der Waals surface area (Å²) in [6, 6.07) is 0. The van der Waals surface area contributed by atoms with Crippen molar-refractivity contribution in [2.24, 2.45) is 0 Å². The topological polar surface area (TPSA) is 65.1 Å². The Hall–Kier alpha value is -1.66. The van der Waals surface area contributed by atoms with Gasteiger partial charge in [0.15, 0.2) is 0 Å². The Kier molecular flexibility index (Phi) is 7.27. The van der Waals surface area contributed by atoms with Gasteiger partial charge in [0, 0.05) is 18.8 Å². The summed E-state index contributed by atoms with van der Waals surface area (Å²) in [6.07, 6.45) is 4.60. The smallest absolute Gasteiger partial charge is 0.253 e. The van der Waals surface area contributed by atoms with Crippen LogP contribution in [0.25, 0.3) is 0 Å². The van der Waals surface area contributed by atoms with E-state index in [1.165, 1.54) is 18.4 Å². The first-order chi connectivity index (χ1) is 10.4. The van der Waals surface area contributed by atoms with E-state index in [1.54, 1.807) is 0 Å². The van der Waals surface area contributed by atoms with Crippen molar-refractivity contribution in [2.45, 2.75) is 38.9 Å². The van der Waals surface area contributed by atoms with Gasteiger partial charge < -0.3 is 14.2 Å². The molecule has 0 aromatic carbocycles. The molecular weight excluding hydrogens is 286 g/mol. The van der Waals surface area contributed by atoms with Gasteiger partial charge in [0.25, 0.3) is 11.8 Å². The van der Waals surface area contributed by atoms with Crippen LogP contribution in [0.15, 0.2) is 25.0 Å². The van der Waals surface area contributed by atoms with Gasteiger partial charge in [-0.1, -0.05) is 6.58 Å². The van der Waals surface area contributed by atoms with Crippen molar-refractivity contribution in [3.63, 3.8) is 0 Å². The lowest BCUT2D eigenvalue weighted by molar-refractivity contribution is -0.137. The van der Waals surface area contributed by atoms with Crippen LogP contribution >= 0.6 is 0 Å². The minimum Gasteiger partial charge on any atom is -0.497 e. The average Bonchev–Trinajstić information content (AvgIpc) is 2.77. The number of rotatable bonds is 11. The number of hydrogen-bond donors (Lipinski definition) is 0. The van der Waals surface area contributed by atoms with Crippen molar-refractivity contribution < 1.29 is 23.8 Å². The number of hydrogen-bond acceptors (Lipinski definition) is 5. The lowest BCUT2D eigenvalue weighted by Crippen LogP contribution is -2.34. The quantitative estimate of drug-likeness (QED) is 0.330. The minimum atomic E-state index is -0.334. The van der Waals surface area contributed by atoms with Crippen LogP contribution in [0.5, 0.6) is 0 Å². The highest BCUT2D eigenvalue weighted by atomic mass is 16.5. The molecule has 2 amide bonds. The van der Waals surface area contributed by atoms with Gasteiger partial charge in [-0.25, -0.2) is 0 Å². The third-order valence-corrected chi connectivity index (χ3v) is 3.25. The Morgan fingerprint density at radius 3 is 2.50 bits per heavy atom. The van der Waals surface area contributed by atoms with Crippen molar-refractivity contribution in [1.82, 2.24) is 4.90 Å². The Bertz CT molecular complexity index is 412. The molecule has 1 aliphatic heterocycles. The van der Waals surface area contributed by atoms with E-state index in [0.717, 1.165) is 4.90 Å². The van der Waals surface area contributed by atoms with Crippen LogP contribution in [0.3, 0.4) is 0 Å². The number of ether oxygens (including phenoxy) is 3. The second kappa shape index (κ2) is 8.70. The second-order valence-electron chi connectivity index (χ2n) is 5.71. The van der Waals surface area contributed by atoms with E-state index < -0.39 is 0 Å². The highest BCUT2D eigenvalue weighted by Gasteiger charge is 2.23. The van der Waals surface area contributed by atoms with Crippen molar-refractivity contribution in [2.75, 3.05) is 26.4 Å². The van der Waals surface area contributed by atoms with Gasteiger partial charge in [0.05, 0.1) is 31.6 Å². The van der Waals surface area contributed by atoms with Crippen LogP contribution in [-0.2, 0) is 23.8 Å². The van der Waals surface area contributed by atoms with Gasteiger partial charge >= 0.3 is 0 Å². The van der Waals surface area contributed by atoms with Crippen molar-refractivity contribution in [1.29, 1.82) is 0 Å². The fourth-order valence-corrected chi connectivity index (χ4v) is 1.85. The molecule has 0 bridgehead atoms. The Morgan fingerprint density at radius 2 is 1.91 bits per heavy atom. The van der Waals surface area contributed by atoms with Crippen molar-refractivity contribution in [3.8, 4) is 0 Å². The van der Waals surface area contributed by atoms with Gasteiger partial charge in [0.1, 0.15) is 6.10 Å². The zero-order valence-corrected chi connectivity index (χ0v) is 13.5. The SMILES string of the molecule is C=COC(C)COC(C)(C)CCOCCN1C(=O)C=CC1=O. The van der Waals surface area contributed by atoms with Crippen LogP contribution < -0.4 is 0 Å². The Morgan fingerprint density at radius 1 is 1.27 bits per heavy atom. The van der Waals surface area contributed by atoms with Gasteiger partial charge in [-0.15, -0.1) is 0 Å². The van der Waals surface area contributed by atoms with E-state index in [-0.39, 0.29) is 30.1 Å². The summed E-state index contributed by atoms with van der Waals surface area (Å²) in [6.45, 7) is 10.9. The van der Waals surface area contributed by atoms with Crippen LogP contribution in [0.4, 0.5) is 0 Å². The summed E-state index contributed by atoms with van der Waals surface area (Å²) in [5, 5.41) is 0. The van der Waals surface area contributed by atoms with E-state index in [9.17, 15) is 9.59 Å². The van der Waals surface area contributed by atoms with Crippen LogP contribution in [0, 0.1) is 0 Å². The van der Waals surface area contributed by atoms with Crippen LogP contribution in [-0.4, -0.2) is 54.8 Å². The molecule has 0 saturated heterocycles. The summed E-state index contributed by atoms with van der Waals surface area (Å²) < 4.78 is 16.4. The number of carbonyl (C=O) groups is 2. The monoisotopic (exact) mass is 311 g/mol. The number of nitrogens with zero attached hydrogens (tertiary/aromatic N) is 1. The molecule has 22 heavy (non-hydrogen) atoms. The molecular formula is C16H25NO5. The molecule has 1 atom stereocenters. The molecule has 0 N–H and O–H groups in total. The standard InChI is InChI=1S/C16H25NO5/c1-5-21-13(2)12-22-16(3,4)8-10-20-11-9-17-14(18)6-7-15(17)19/h5-7,13H,1,8-12H2,2-4H3. The van der Waals surface area contributed by atoms with Crippen LogP contribution in [0.1, 0.15) is 27.2 Å². The van der Waals surface area contributed by atoms with Crippen LogP contribution in [0.2, 0.25) is 0 Å². The number of imide groups is 1. The van der Waals surface area contributed by atoms with E-state index in [2.05, 4.69) is 6.58 Å². The number of carbonyl (C=O) groups excluding carboxylic acids is 2. The third-order valence-electron chi connectivity index (χ3n) is 3.25. The molecule has 1 heterocycles. The Balaban J connectivity index is 2.13. The fourth-order valence-electron chi connectivity index (χ4n) is 1.85. The fraction of sp³-hybridized carbons (Fsp3) is 0.625. The van der Waals surface area contributed by atoms with Gasteiger partial charge in [-0.05, 0) is 27.2 Å². The summed E-state index contributed by atoms with van der Waals surface area (Å²) in [5.74, 6) is -0.568. The zero-order chi connectivity index (χ0) is 16.6. The maximum atomic E-state index is 11.3. The molecule has 1 rings (SSSR count). The van der Waals surface area contributed by atoms with E-state index in [1.807, 2.05) is 20.8 Å². The minimum absolute atomic E-state index is 0.0441. The molecule has 1 aliphatic rings. The van der Waals surface area contributed by atoms with Gasteiger partial charge in [-0.2, -0.15) is 0 Å². The number of amides is 2. The lowest BCUT2D eigenvalue weighted by atomic mass is 10.1. The maximum absolute atomic E-state index is 11.3. The molecule has 1 unspecified atom stereocenters. The molecule has 0 aliphatic carbocycles. The molecule has 0 aromatic heterocycles. The second-order valence-corrected chi connectivity index (χ2v) is 5.71. The average molecular weight is 311 g/mol. The maximum Gasteiger partial charge on any atom is 0.253 e. The molecule has 6 nitrogen and oxygen atoms in total. The largest absolute Gasteiger partial charge is 0.497 e. The molecule has 0 radical (unpaired) electrons. The predicted octanol–water partition coefficient (Wildman–Crippen LogP) is 1.66. The summed E-state index contributed by atoms with van der Waals surface area (Å²) >= 11 is 0. The summed E-state index contributed by atoms with van der Waals surface area (Å²) in [5.41, 5.74) is -0.334. The predicted molar refractivity (Wildman–Crippen MR) is 82.1 cm³/mol. The molecule has 0 fully saturated rings. The zero-order valence-electron chi connectivity index (χ0n) is 13.5. The molecule has 6 heteroatoms. The summed E-state index contributed by atoms with van der Waals surface area (Å²) in [4.78, 5) is 23.8. The molecule has 0 saturated carbocycles. The molecule has 0 aromatic rings. The first kappa shape index (κ1) is 18.4. The lowest BCUT2D eigenvalue weighted by Gasteiger charge is -2.27. The van der Waals surface area contributed by atoms with Gasteiger partial charge in [-0.3, -0.25) is 14.5 Å². The van der Waals surface area contributed by atoms with Crippen molar-refractivity contribution >= 4 is 11.8 Å². The molecule has 124 valence electrons. The van der Waals surface area contributed by atoms with Gasteiger partial charge in [0.2, 0.25) is 0 Å². The molecule has 0 spiro atoms. The first-order valence-electron chi connectivity index (χ1n) is 7.37.